The minimum Gasteiger partial charge on any atom is -0.326 e. The molecule has 1 fully saturated rings. The molecular formula is C15H30O3. The zero-order valence-electron chi connectivity index (χ0n) is 12.9. The number of hydrogen-bond donors (Lipinski definition) is 0. The first-order valence-electron chi connectivity index (χ1n) is 7.26. The van der Waals surface area contributed by atoms with Gasteiger partial charge >= 0.3 is 0 Å². The molecule has 0 spiro atoms. The van der Waals surface area contributed by atoms with Crippen LogP contribution < -0.4 is 0 Å². The van der Waals surface area contributed by atoms with Crippen LogP contribution >= 0.6 is 0 Å². The summed E-state index contributed by atoms with van der Waals surface area (Å²) in [6.07, 6.45) is 2.68. The minimum atomic E-state index is -0.444. The van der Waals surface area contributed by atoms with Crippen LogP contribution in [0.3, 0.4) is 0 Å². The lowest BCUT2D eigenvalue weighted by Crippen LogP contribution is -2.48. The fraction of sp³-hybridized carbons (Fsp3) is 1.00. The van der Waals surface area contributed by atoms with Gasteiger partial charge in [0.15, 0.2) is 18.9 Å². The summed E-state index contributed by atoms with van der Waals surface area (Å²) in [6, 6.07) is 0. The molecule has 0 radical (unpaired) electrons. The van der Waals surface area contributed by atoms with Gasteiger partial charge in [0.1, 0.15) is 0 Å². The maximum Gasteiger partial charge on any atom is 0.174 e. The molecule has 0 aromatic rings. The van der Waals surface area contributed by atoms with Crippen LogP contribution in [0.25, 0.3) is 0 Å². The Kier molecular flexibility index (Phi) is 6.09. The number of rotatable bonds is 6. The van der Waals surface area contributed by atoms with Crippen LogP contribution in [0.4, 0.5) is 0 Å². The van der Waals surface area contributed by atoms with Crippen molar-refractivity contribution in [1.82, 2.24) is 0 Å². The standard InChI is InChI=1S/C15H30O3/c1-11(2)7-14-16-10-17-15(18-14,8-12(3)4)9-13(5)6/h11-14H,7-10H2,1-6H3. The van der Waals surface area contributed by atoms with E-state index < -0.39 is 5.79 Å². The van der Waals surface area contributed by atoms with Gasteiger partial charge in [-0.25, -0.2) is 0 Å². The van der Waals surface area contributed by atoms with E-state index in [1.807, 2.05) is 0 Å². The molecular weight excluding hydrogens is 228 g/mol. The number of hydrogen-bond acceptors (Lipinski definition) is 3. The third kappa shape index (κ3) is 5.25. The molecule has 1 aliphatic heterocycles. The van der Waals surface area contributed by atoms with Gasteiger partial charge in [0.2, 0.25) is 0 Å². The van der Waals surface area contributed by atoms with Crippen LogP contribution in [-0.4, -0.2) is 18.9 Å². The second-order valence-corrected chi connectivity index (χ2v) is 6.71. The quantitative estimate of drug-likeness (QED) is 0.715. The molecule has 0 bridgehead atoms. The predicted octanol–water partition coefficient (Wildman–Crippen LogP) is 4.17. The summed E-state index contributed by atoms with van der Waals surface area (Å²) in [7, 11) is 0. The Bertz CT molecular complexity index is 226. The first kappa shape index (κ1) is 15.9. The molecule has 0 N–H and O–H groups in total. The maximum absolute atomic E-state index is 6.16. The number of ether oxygens (including phenoxy) is 3. The monoisotopic (exact) mass is 258 g/mol. The zero-order valence-corrected chi connectivity index (χ0v) is 12.9. The molecule has 18 heavy (non-hydrogen) atoms. The molecule has 108 valence electrons. The van der Waals surface area contributed by atoms with Gasteiger partial charge in [-0.1, -0.05) is 41.5 Å². The van der Waals surface area contributed by atoms with E-state index in [1.165, 1.54) is 0 Å². The second kappa shape index (κ2) is 6.88. The van der Waals surface area contributed by atoms with Crippen molar-refractivity contribution >= 4 is 0 Å². The summed E-state index contributed by atoms with van der Waals surface area (Å²) < 4.78 is 17.6. The SMILES string of the molecule is CC(C)CC1OCOC(CC(C)C)(CC(C)C)O1. The van der Waals surface area contributed by atoms with Gasteiger partial charge < -0.3 is 14.2 Å². The molecule has 3 heteroatoms. The molecule has 1 unspecified atom stereocenters. The fourth-order valence-electron chi connectivity index (χ4n) is 2.57. The van der Waals surface area contributed by atoms with Gasteiger partial charge in [-0.15, -0.1) is 0 Å². The lowest BCUT2D eigenvalue weighted by molar-refractivity contribution is -0.406. The van der Waals surface area contributed by atoms with Crippen LogP contribution in [0.2, 0.25) is 0 Å². The summed E-state index contributed by atoms with van der Waals surface area (Å²) >= 11 is 0. The van der Waals surface area contributed by atoms with Crippen LogP contribution in [0.5, 0.6) is 0 Å². The second-order valence-electron chi connectivity index (χ2n) is 6.71. The lowest BCUT2D eigenvalue weighted by atomic mass is 9.94. The molecule has 3 nitrogen and oxygen atoms in total. The molecule has 0 amide bonds. The van der Waals surface area contributed by atoms with E-state index >= 15 is 0 Å². The van der Waals surface area contributed by atoms with Crippen molar-refractivity contribution in [3.63, 3.8) is 0 Å². The smallest absolute Gasteiger partial charge is 0.174 e. The fourth-order valence-corrected chi connectivity index (χ4v) is 2.57. The van der Waals surface area contributed by atoms with Crippen LogP contribution in [0.1, 0.15) is 60.8 Å². The van der Waals surface area contributed by atoms with Crippen molar-refractivity contribution in [2.45, 2.75) is 72.9 Å². The first-order valence-corrected chi connectivity index (χ1v) is 7.26. The van der Waals surface area contributed by atoms with Crippen LogP contribution in [-0.2, 0) is 14.2 Å². The van der Waals surface area contributed by atoms with E-state index in [2.05, 4.69) is 41.5 Å². The average molecular weight is 258 g/mol. The Morgan fingerprint density at radius 3 is 1.94 bits per heavy atom. The molecule has 1 aliphatic rings. The van der Waals surface area contributed by atoms with Crippen molar-refractivity contribution < 1.29 is 14.2 Å². The van der Waals surface area contributed by atoms with Crippen LogP contribution in [0, 0.1) is 17.8 Å². The molecule has 0 aromatic heterocycles. The molecule has 0 aromatic carbocycles. The molecule has 1 rings (SSSR count). The lowest BCUT2D eigenvalue weighted by Gasteiger charge is -2.43. The highest BCUT2D eigenvalue weighted by Gasteiger charge is 2.40. The summed E-state index contributed by atoms with van der Waals surface area (Å²) in [5.41, 5.74) is 0. The normalized spacial score (nSPS) is 24.2. The molecule has 1 atom stereocenters. The molecule has 0 saturated carbocycles. The predicted molar refractivity (Wildman–Crippen MR) is 73.0 cm³/mol. The van der Waals surface area contributed by atoms with Gasteiger partial charge in [-0.3, -0.25) is 0 Å². The Balaban J connectivity index is 2.69. The van der Waals surface area contributed by atoms with Crippen molar-refractivity contribution in [2.75, 3.05) is 6.79 Å². The van der Waals surface area contributed by atoms with Gasteiger partial charge in [0.05, 0.1) is 0 Å². The van der Waals surface area contributed by atoms with E-state index in [0.717, 1.165) is 19.3 Å². The Morgan fingerprint density at radius 2 is 1.50 bits per heavy atom. The summed E-state index contributed by atoms with van der Waals surface area (Å²) in [4.78, 5) is 0. The van der Waals surface area contributed by atoms with Gasteiger partial charge in [0.25, 0.3) is 0 Å². The largest absolute Gasteiger partial charge is 0.326 e. The molecule has 1 saturated heterocycles. The van der Waals surface area contributed by atoms with Crippen molar-refractivity contribution in [1.29, 1.82) is 0 Å². The van der Waals surface area contributed by atoms with Gasteiger partial charge in [-0.05, 0) is 17.8 Å². The third-order valence-corrected chi connectivity index (χ3v) is 3.02. The van der Waals surface area contributed by atoms with Gasteiger partial charge in [0, 0.05) is 19.3 Å². The van der Waals surface area contributed by atoms with Gasteiger partial charge in [-0.2, -0.15) is 0 Å². The highest BCUT2D eigenvalue weighted by atomic mass is 16.9. The highest BCUT2D eigenvalue weighted by Crippen LogP contribution is 2.35. The Hall–Kier alpha value is -0.120. The molecule has 0 aliphatic carbocycles. The average Bonchev–Trinajstić information content (AvgIpc) is 2.12. The minimum absolute atomic E-state index is 0.115. The summed E-state index contributed by atoms with van der Waals surface area (Å²) in [5.74, 6) is 1.24. The van der Waals surface area contributed by atoms with Crippen molar-refractivity contribution in [2.24, 2.45) is 17.8 Å². The molecule has 1 heterocycles. The van der Waals surface area contributed by atoms with E-state index in [1.54, 1.807) is 0 Å². The van der Waals surface area contributed by atoms with E-state index in [0.29, 0.717) is 24.5 Å². The first-order chi connectivity index (χ1) is 8.33. The summed E-state index contributed by atoms with van der Waals surface area (Å²) in [6.45, 7) is 13.6. The Morgan fingerprint density at radius 1 is 0.944 bits per heavy atom. The zero-order chi connectivity index (χ0) is 13.8. The van der Waals surface area contributed by atoms with Crippen molar-refractivity contribution in [3.05, 3.63) is 0 Å². The maximum atomic E-state index is 6.16. The Labute approximate surface area is 112 Å². The van der Waals surface area contributed by atoms with Crippen molar-refractivity contribution in [3.8, 4) is 0 Å². The topological polar surface area (TPSA) is 27.7 Å². The summed E-state index contributed by atoms with van der Waals surface area (Å²) in [5, 5.41) is 0. The van der Waals surface area contributed by atoms with E-state index in [4.69, 9.17) is 14.2 Å². The third-order valence-electron chi connectivity index (χ3n) is 3.02. The van der Waals surface area contributed by atoms with E-state index in [-0.39, 0.29) is 6.29 Å². The van der Waals surface area contributed by atoms with Crippen LogP contribution in [0.15, 0.2) is 0 Å². The highest BCUT2D eigenvalue weighted by molar-refractivity contribution is 4.76. The van der Waals surface area contributed by atoms with E-state index in [9.17, 15) is 0 Å².